The number of nitrogens with one attached hydrogen (secondary N) is 1. The molecule has 0 aliphatic rings. The average molecular weight is 179 g/mol. The van der Waals surface area contributed by atoms with Gasteiger partial charge in [0.25, 0.3) is 0 Å². The fourth-order valence-electron chi connectivity index (χ4n) is 1.23. The smallest absolute Gasteiger partial charge is 0.0391 e. The predicted molar refractivity (Wildman–Crippen MR) is 54.7 cm³/mol. The Labute approximate surface area is 79.9 Å². The van der Waals surface area contributed by atoms with E-state index in [2.05, 4.69) is 29.8 Å². The van der Waals surface area contributed by atoms with Crippen LogP contribution in [0.5, 0.6) is 0 Å². The lowest BCUT2D eigenvalue weighted by Gasteiger charge is -2.22. The van der Waals surface area contributed by atoms with Crippen LogP contribution in [-0.4, -0.2) is 31.2 Å². The Balaban J connectivity index is 2.41. The summed E-state index contributed by atoms with van der Waals surface area (Å²) in [4.78, 5) is 0. The van der Waals surface area contributed by atoms with Crippen molar-refractivity contribution in [2.24, 2.45) is 0 Å². The lowest BCUT2D eigenvalue weighted by atomic mass is 10.2. The fourth-order valence-corrected chi connectivity index (χ4v) is 1.23. The quantitative estimate of drug-likeness (QED) is 0.698. The largest absolute Gasteiger partial charge is 0.237 e. The maximum absolute atomic E-state index is 3.16. The van der Waals surface area contributed by atoms with E-state index in [-0.39, 0.29) is 0 Å². The molecule has 0 unspecified atom stereocenters. The molecule has 0 aliphatic carbocycles. The first-order valence-corrected chi connectivity index (χ1v) is 4.37. The van der Waals surface area contributed by atoms with Crippen LogP contribution in [0.1, 0.15) is 5.56 Å². The van der Waals surface area contributed by atoms with Crippen LogP contribution in [0.15, 0.2) is 30.3 Å². The number of benzene rings is 1. The molecule has 0 bridgehead atoms. The molecule has 72 valence electrons. The Morgan fingerprint density at radius 3 is 2.23 bits per heavy atom. The minimum Gasteiger partial charge on any atom is -0.237 e. The zero-order valence-corrected chi connectivity index (χ0v) is 8.49. The number of rotatable bonds is 4. The average Bonchev–Trinajstić information content (AvgIpc) is 2.04. The minimum absolute atomic E-state index is 0.902. The van der Waals surface area contributed by atoms with Crippen LogP contribution >= 0.6 is 0 Å². The van der Waals surface area contributed by atoms with Crippen LogP contribution in [0, 0.1) is 0 Å². The molecule has 0 amide bonds. The summed E-state index contributed by atoms with van der Waals surface area (Å²) in [5.74, 6) is 0. The van der Waals surface area contributed by atoms with E-state index >= 15 is 0 Å². The molecular weight excluding hydrogens is 162 g/mol. The first kappa shape index (κ1) is 10.2. The Hall–Kier alpha value is -0.900. The van der Waals surface area contributed by atoms with Gasteiger partial charge in [0.05, 0.1) is 0 Å². The highest BCUT2D eigenvalue weighted by Gasteiger charge is 1.98. The number of hydrogen-bond donors (Lipinski definition) is 1. The van der Waals surface area contributed by atoms with Gasteiger partial charge in [0.1, 0.15) is 0 Å². The molecule has 1 aromatic rings. The van der Waals surface area contributed by atoms with Crippen LogP contribution in [0.3, 0.4) is 0 Å². The molecule has 0 aliphatic heterocycles. The van der Waals surface area contributed by atoms with Crippen molar-refractivity contribution in [2.75, 3.05) is 21.1 Å². The molecule has 3 nitrogen and oxygen atoms in total. The van der Waals surface area contributed by atoms with E-state index in [0.29, 0.717) is 0 Å². The van der Waals surface area contributed by atoms with Gasteiger partial charge in [-0.05, 0) is 5.56 Å². The van der Waals surface area contributed by atoms with Gasteiger partial charge in [-0.3, -0.25) is 0 Å². The van der Waals surface area contributed by atoms with Crippen molar-refractivity contribution in [2.45, 2.75) is 6.54 Å². The van der Waals surface area contributed by atoms with Gasteiger partial charge in [-0.15, -0.1) is 0 Å². The fraction of sp³-hybridized carbons (Fsp3) is 0.400. The molecule has 0 radical (unpaired) electrons. The molecular formula is C10H17N3. The highest BCUT2D eigenvalue weighted by Crippen LogP contribution is 2.00. The summed E-state index contributed by atoms with van der Waals surface area (Å²) in [6.07, 6.45) is 0. The lowest BCUT2D eigenvalue weighted by Crippen LogP contribution is -2.43. The van der Waals surface area contributed by atoms with Crippen LogP contribution in [0.4, 0.5) is 0 Å². The summed E-state index contributed by atoms with van der Waals surface area (Å²) in [7, 11) is 5.97. The third-order valence-corrected chi connectivity index (χ3v) is 1.63. The summed E-state index contributed by atoms with van der Waals surface area (Å²) in [6.45, 7) is 0.902. The molecule has 0 saturated heterocycles. The van der Waals surface area contributed by atoms with Crippen molar-refractivity contribution < 1.29 is 0 Å². The Bertz CT molecular complexity index is 233. The summed E-state index contributed by atoms with van der Waals surface area (Å²) in [5.41, 5.74) is 4.46. The molecule has 0 spiro atoms. The second-order valence-electron chi connectivity index (χ2n) is 3.34. The van der Waals surface area contributed by atoms with Gasteiger partial charge < -0.3 is 0 Å². The van der Waals surface area contributed by atoms with Gasteiger partial charge in [0, 0.05) is 27.7 Å². The number of nitrogens with zero attached hydrogens (tertiary/aromatic N) is 2. The molecule has 3 heteroatoms. The van der Waals surface area contributed by atoms with Gasteiger partial charge in [0.15, 0.2) is 0 Å². The molecule has 0 saturated carbocycles. The van der Waals surface area contributed by atoms with Gasteiger partial charge in [0.2, 0.25) is 0 Å². The highest BCUT2D eigenvalue weighted by molar-refractivity contribution is 5.14. The maximum Gasteiger partial charge on any atom is 0.0391 e. The first-order valence-electron chi connectivity index (χ1n) is 4.37. The third kappa shape index (κ3) is 4.03. The van der Waals surface area contributed by atoms with E-state index in [4.69, 9.17) is 0 Å². The van der Waals surface area contributed by atoms with Crippen molar-refractivity contribution in [3.8, 4) is 0 Å². The molecule has 0 fully saturated rings. The Morgan fingerprint density at radius 1 is 1.08 bits per heavy atom. The summed E-state index contributed by atoms with van der Waals surface area (Å²) in [5, 5.41) is 3.96. The maximum atomic E-state index is 3.16. The van der Waals surface area contributed by atoms with Crippen LogP contribution < -0.4 is 5.53 Å². The van der Waals surface area contributed by atoms with E-state index in [1.165, 1.54) is 5.56 Å². The normalized spacial score (nSPS) is 11.2. The Morgan fingerprint density at radius 2 is 1.69 bits per heavy atom. The zero-order valence-electron chi connectivity index (χ0n) is 8.49. The van der Waals surface area contributed by atoms with Gasteiger partial charge in [-0.25, -0.2) is 10.0 Å². The standard InChI is InChI=1S/C10H17N3/c1-12(2)11-13(3)9-10-7-5-4-6-8-10/h4-8,11H,9H2,1-3H3. The van der Waals surface area contributed by atoms with Crippen molar-refractivity contribution in [3.63, 3.8) is 0 Å². The summed E-state index contributed by atoms with van der Waals surface area (Å²) < 4.78 is 0. The SMILES string of the molecule is CN(C)NN(C)Cc1ccccc1. The zero-order chi connectivity index (χ0) is 9.68. The summed E-state index contributed by atoms with van der Waals surface area (Å²) in [6, 6.07) is 10.4. The van der Waals surface area contributed by atoms with Crippen molar-refractivity contribution >= 4 is 0 Å². The van der Waals surface area contributed by atoms with Crippen molar-refractivity contribution in [3.05, 3.63) is 35.9 Å². The monoisotopic (exact) mass is 179 g/mol. The Kier molecular flexibility index (Phi) is 3.89. The molecule has 1 aromatic carbocycles. The topological polar surface area (TPSA) is 18.5 Å². The van der Waals surface area contributed by atoms with E-state index in [9.17, 15) is 0 Å². The molecule has 0 atom stereocenters. The molecule has 1 rings (SSSR count). The summed E-state index contributed by atoms with van der Waals surface area (Å²) >= 11 is 0. The minimum atomic E-state index is 0.902. The van der Waals surface area contributed by atoms with E-state index in [0.717, 1.165) is 6.54 Å². The highest BCUT2D eigenvalue weighted by atomic mass is 15.7. The third-order valence-electron chi connectivity index (χ3n) is 1.63. The lowest BCUT2D eigenvalue weighted by molar-refractivity contribution is 0.0800. The second-order valence-corrected chi connectivity index (χ2v) is 3.34. The molecule has 0 aromatic heterocycles. The van der Waals surface area contributed by atoms with Crippen LogP contribution in [0.25, 0.3) is 0 Å². The van der Waals surface area contributed by atoms with Crippen LogP contribution in [-0.2, 0) is 6.54 Å². The number of hydrazine groups is 2. The molecule has 1 N–H and O–H groups in total. The van der Waals surface area contributed by atoms with E-state index in [1.807, 2.05) is 37.2 Å². The molecule has 13 heavy (non-hydrogen) atoms. The molecule has 0 heterocycles. The van der Waals surface area contributed by atoms with Crippen molar-refractivity contribution in [1.82, 2.24) is 15.6 Å². The van der Waals surface area contributed by atoms with Crippen molar-refractivity contribution in [1.29, 1.82) is 0 Å². The van der Waals surface area contributed by atoms with E-state index < -0.39 is 0 Å². The first-order chi connectivity index (χ1) is 6.18. The van der Waals surface area contributed by atoms with E-state index in [1.54, 1.807) is 0 Å². The number of hydrogen-bond acceptors (Lipinski definition) is 3. The van der Waals surface area contributed by atoms with Gasteiger partial charge in [-0.2, -0.15) is 5.53 Å². The van der Waals surface area contributed by atoms with Crippen LogP contribution in [0.2, 0.25) is 0 Å². The van der Waals surface area contributed by atoms with Gasteiger partial charge in [-0.1, -0.05) is 30.3 Å². The predicted octanol–water partition coefficient (Wildman–Crippen LogP) is 1.10. The second kappa shape index (κ2) is 4.97. The van der Waals surface area contributed by atoms with Gasteiger partial charge >= 0.3 is 0 Å².